The molecule has 0 saturated carbocycles. The van der Waals surface area contributed by atoms with E-state index in [1.807, 2.05) is 0 Å². The van der Waals surface area contributed by atoms with Gasteiger partial charge in [-0.15, -0.1) is 0 Å². The number of carbonyl (C=O) groups excluding carboxylic acids is 1. The van der Waals surface area contributed by atoms with Crippen LogP contribution in [0.25, 0.3) is 0 Å². The van der Waals surface area contributed by atoms with Gasteiger partial charge in [-0.05, 0) is 37.6 Å². The fraction of sp³-hybridized carbons (Fsp3) is 0.133. The predicted octanol–water partition coefficient (Wildman–Crippen LogP) is 4.13. The van der Waals surface area contributed by atoms with Gasteiger partial charge < -0.3 is 4.74 Å². The van der Waals surface area contributed by atoms with Gasteiger partial charge in [0, 0.05) is 11.6 Å². The fourth-order valence-corrected chi connectivity index (χ4v) is 1.55. The van der Waals surface area contributed by atoms with Crippen molar-refractivity contribution >= 4 is 5.78 Å². The third kappa shape index (κ3) is 2.74. The number of Topliss-reactive ketones (excluding diaryl/α,β-unsaturated/α-hetero) is 1. The van der Waals surface area contributed by atoms with Crippen LogP contribution >= 0.6 is 0 Å². The molecule has 2 aromatic rings. The molecule has 2 nitrogen and oxygen atoms in total. The molecule has 3 heteroatoms. The monoisotopic (exact) mass is 244 g/mol. The number of ketones is 1. The zero-order valence-electron chi connectivity index (χ0n) is 10.2. The van der Waals surface area contributed by atoms with E-state index in [-0.39, 0.29) is 11.6 Å². The average molecular weight is 244 g/mol. The Labute approximate surface area is 105 Å². The lowest BCUT2D eigenvalue weighted by Gasteiger charge is -2.07. The van der Waals surface area contributed by atoms with Gasteiger partial charge in [0.2, 0.25) is 0 Å². The Balaban J connectivity index is 2.25. The number of halogens is 1. The van der Waals surface area contributed by atoms with Crippen LogP contribution in [-0.2, 0) is 0 Å². The van der Waals surface area contributed by atoms with E-state index in [0.29, 0.717) is 22.6 Å². The largest absolute Gasteiger partial charge is 0.457 e. The normalized spacial score (nSPS) is 10.2. The fourth-order valence-electron chi connectivity index (χ4n) is 1.55. The zero-order valence-corrected chi connectivity index (χ0v) is 10.2. The second-order valence-corrected chi connectivity index (χ2v) is 4.10. The van der Waals surface area contributed by atoms with Gasteiger partial charge >= 0.3 is 0 Å². The highest BCUT2D eigenvalue weighted by molar-refractivity contribution is 5.94. The van der Waals surface area contributed by atoms with Crippen LogP contribution in [0.15, 0.2) is 42.5 Å². The van der Waals surface area contributed by atoms with Crippen molar-refractivity contribution in [3.8, 4) is 11.5 Å². The van der Waals surface area contributed by atoms with Gasteiger partial charge in [0.15, 0.2) is 5.78 Å². The maximum atomic E-state index is 13.4. The number of aryl methyl sites for hydroxylation is 1. The van der Waals surface area contributed by atoms with Crippen LogP contribution in [0.2, 0.25) is 0 Å². The first-order chi connectivity index (χ1) is 8.56. The molecule has 0 atom stereocenters. The Hall–Kier alpha value is -2.16. The van der Waals surface area contributed by atoms with E-state index in [1.54, 1.807) is 43.3 Å². The molecule has 92 valence electrons. The van der Waals surface area contributed by atoms with Crippen LogP contribution in [0.3, 0.4) is 0 Å². The van der Waals surface area contributed by atoms with Crippen LogP contribution in [0.5, 0.6) is 11.5 Å². The molecular weight excluding hydrogens is 231 g/mol. The second kappa shape index (κ2) is 5.00. The molecule has 0 bridgehead atoms. The van der Waals surface area contributed by atoms with Crippen LogP contribution in [0, 0.1) is 12.7 Å². The van der Waals surface area contributed by atoms with Gasteiger partial charge in [-0.3, -0.25) is 4.79 Å². The maximum absolute atomic E-state index is 13.4. The molecule has 0 N–H and O–H groups in total. The smallest absolute Gasteiger partial charge is 0.159 e. The molecule has 0 heterocycles. The summed E-state index contributed by atoms with van der Waals surface area (Å²) in [5.74, 6) is 0.593. The molecule has 0 radical (unpaired) electrons. The quantitative estimate of drug-likeness (QED) is 0.759. The number of carbonyl (C=O) groups is 1. The van der Waals surface area contributed by atoms with Crippen molar-refractivity contribution in [2.75, 3.05) is 0 Å². The summed E-state index contributed by atoms with van der Waals surface area (Å²) in [6.07, 6.45) is 0. The van der Waals surface area contributed by atoms with Crippen LogP contribution in [-0.4, -0.2) is 5.78 Å². The Morgan fingerprint density at radius 3 is 2.50 bits per heavy atom. The van der Waals surface area contributed by atoms with E-state index in [4.69, 9.17) is 4.74 Å². The van der Waals surface area contributed by atoms with E-state index in [0.717, 1.165) is 0 Å². The topological polar surface area (TPSA) is 26.3 Å². The number of hydrogen-bond donors (Lipinski definition) is 0. The zero-order chi connectivity index (χ0) is 13.1. The van der Waals surface area contributed by atoms with Crippen molar-refractivity contribution in [2.45, 2.75) is 13.8 Å². The summed E-state index contributed by atoms with van der Waals surface area (Å²) < 4.78 is 18.9. The standard InChI is InChI=1S/C15H13FO2/c1-10-6-7-14(9-15(10)16)18-13-5-3-4-12(8-13)11(2)17/h3-9H,1-2H3. The number of ether oxygens (including phenoxy) is 1. The van der Waals surface area contributed by atoms with Crippen LogP contribution in [0.4, 0.5) is 4.39 Å². The highest BCUT2D eigenvalue weighted by Crippen LogP contribution is 2.24. The molecule has 0 saturated heterocycles. The lowest BCUT2D eigenvalue weighted by molar-refractivity contribution is 0.101. The molecule has 2 rings (SSSR count). The molecule has 0 unspecified atom stereocenters. The second-order valence-electron chi connectivity index (χ2n) is 4.10. The summed E-state index contributed by atoms with van der Waals surface area (Å²) in [6.45, 7) is 3.18. The van der Waals surface area contributed by atoms with E-state index in [1.165, 1.54) is 13.0 Å². The van der Waals surface area contributed by atoms with Crippen molar-refractivity contribution in [3.63, 3.8) is 0 Å². The minimum absolute atomic E-state index is 0.0319. The lowest BCUT2D eigenvalue weighted by Crippen LogP contribution is -1.93. The van der Waals surface area contributed by atoms with Gasteiger partial charge in [0.05, 0.1) is 0 Å². The van der Waals surface area contributed by atoms with E-state index >= 15 is 0 Å². The summed E-state index contributed by atoms with van der Waals surface area (Å²) in [5.41, 5.74) is 1.14. The Kier molecular flexibility index (Phi) is 3.42. The Morgan fingerprint density at radius 1 is 1.11 bits per heavy atom. The highest BCUT2D eigenvalue weighted by Gasteiger charge is 2.04. The molecule has 2 aromatic carbocycles. The molecule has 0 fully saturated rings. The van der Waals surface area contributed by atoms with Crippen molar-refractivity contribution in [2.24, 2.45) is 0 Å². The van der Waals surface area contributed by atoms with Gasteiger partial charge in [0.1, 0.15) is 17.3 Å². The third-order valence-corrected chi connectivity index (χ3v) is 2.62. The molecule has 0 amide bonds. The summed E-state index contributed by atoms with van der Waals surface area (Å²) >= 11 is 0. The van der Waals surface area contributed by atoms with Gasteiger partial charge in [-0.1, -0.05) is 18.2 Å². The SMILES string of the molecule is CC(=O)c1cccc(Oc2ccc(C)c(F)c2)c1. The van der Waals surface area contributed by atoms with Crippen molar-refractivity contribution < 1.29 is 13.9 Å². The van der Waals surface area contributed by atoms with E-state index in [9.17, 15) is 9.18 Å². The Morgan fingerprint density at radius 2 is 1.83 bits per heavy atom. The van der Waals surface area contributed by atoms with E-state index < -0.39 is 0 Å². The first-order valence-corrected chi connectivity index (χ1v) is 5.61. The molecule has 0 aliphatic rings. The summed E-state index contributed by atoms with van der Waals surface area (Å²) in [5, 5.41) is 0. The number of rotatable bonds is 3. The molecule has 0 aromatic heterocycles. The maximum Gasteiger partial charge on any atom is 0.159 e. The van der Waals surface area contributed by atoms with Crippen molar-refractivity contribution in [3.05, 3.63) is 59.4 Å². The van der Waals surface area contributed by atoms with Gasteiger partial charge in [-0.25, -0.2) is 4.39 Å². The molecule has 0 aliphatic heterocycles. The molecule has 18 heavy (non-hydrogen) atoms. The third-order valence-electron chi connectivity index (χ3n) is 2.62. The van der Waals surface area contributed by atoms with E-state index in [2.05, 4.69) is 0 Å². The van der Waals surface area contributed by atoms with Gasteiger partial charge in [0.25, 0.3) is 0 Å². The minimum Gasteiger partial charge on any atom is -0.457 e. The van der Waals surface area contributed by atoms with Crippen molar-refractivity contribution in [1.29, 1.82) is 0 Å². The summed E-state index contributed by atoms with van der Waals surface area (Å²) in [7, 11) is 0. The first kappa shape index (κ1) is 12.3. The van der Waals surface area contributed by atoms with Crippen LogP contribution in [0.1, 0.15) is 22.8 Å². The highest BCUT2D eigenvalue weighted by atomic mass is 19.1. The Bertz CT molecular complexity index is 591. The number of hydrogen-bond acceptors (Lipinski definition) is 2. The summed E-state index contributed by atoms with van der Waals surface area (Å²) in [4.78, 5) is 11.2. The molecular formula is C15H13FO2. The van der Waals surface area contributed by atoms with Gasteiger partial charge in [-0.2, -0.15) is 0 Å². The minimum atomic E-state index is -0.310. The average Bonchev–Trinajstić information content (AvgIpc) is 2.34. The van der Waals surface area contributed by atoms with Crippen LogP contribution < -0.4 is 4.74 Å². The lowest BCUT2D eigenvalue weighted by atomic mass is 10.1. The number of benzene rings is 2. The first-order valence-electron chi connectivity index (χ1n) is 5.61. The molecule has 0 spiro atoms. The summed E-state index contributed by atoms with van der Waals surface area (Å²) in [6, 6.07) is 11.5. The predicted molar refractivity (Wildman–Crippen MR) is 67.7 cm³/mol. The van der Waals surface area contributed by atoms with Crippen molar-refractivity contribution in [1.82, 2.24) is 0 Å². The molecule has 0 aliphatic carbocycles.